The van der Waals surface area contributed by atoms with Crippen LogP contribution < -0.4 is 28.3 Å². The molecule has 2 aliphatic heterocycles. The number of nitrogens with zero attached hydrogens (tertiary/aromatic N) is 5. The maximum Gasteiger partial charge on any atom is 0.300 e. The van der Waals surface area contributed by atoms with Crippen molar-refractivity contribution in [1.82, 2.24) is 41.7 Å². The number of nitrogens with two attached hydrogens (primary N) is 2. The number of carboxylic acids is 1. The summed E-state index contributed by atoms with van der Waals surface area (Å²) >= 11 is 13.7. The third-order valence-electron chi connectivity index (χ3n) is 30.5. The number of Topliss-reactive ketones (excluding diaryl/α,β-unsaturated/α-hetero) is 4. The van der Waals surface area contributed by atoms with Crippen LogP contribution >= 0.6 is 63.7 Å². The molecule has 0 bridgehead atoms. The molecule has 10 saturated carbocycles. The maximum atomic E-state index is 13.5. The van der Waals surface area contributed by atoms with Crippen molar-refractivity contribution in [3.05, 3.63) is 198 Å². The second-order valence-electron chi connectivity index (χ2n) is 39.0. The number of ketones is 4. The lowest BCUT2D eigenvalue weighted by atomic mass is 9.59. The largest absolute Gasteiger partial charge is 0.481 e. The smallest absolute Gasteiger partial charge is 0.300 e. The Balaban J connectivity index is 0.000000155. The van der Waals surface area contributed by atoms with Crippen LogP contribution in [0.2, 0.25) is 0 Å². The van der Waals surface area contributed by atoms with E-state index in [2.05, 4.69) is 154 Å². The molecule has 12 aliphatic rings. The van der Waals surface area contributed by atoms with Gasteiger partial charge < -0.3 is 47.7 Å². The molecule has 10 aliphatic carbocycles. The molecule has 24 atom stereocenters. The van der Waals surface area contributed by atoms with Crippen molar-refractivity contribution in [2.75, 3.05) is 0 Å². The van der Waals surface area contributed by atoms with Gasteiger partial charge in [-0.25, -0.2) is 4.39 Å². The first-order valence-corrected chi connectivity index (χ1v) is 50.8. The Morgan fingerprint density at radius 2 is 0.715 bits per heavy atom. The summed E-state index contributed by atoms with van der Waals surface area (Å²) in [5, 5.41) is 13.9. The van der Waals surface area contributed by atoms with Crippen molar-refractivity contribution in [1.29, 1.82) is 0 Å². The molecule has 0 radical (unpaired) electrons. The standard InChI is InChI=1S/C25H27FN2O.2C20H27BrN2O.C20H24BrNO2.C19H23BrN2O.C2H4O2.CH4.H3N/c26-19-6-3-5-16(12-19)18-8-9-20(27-15-18)10-11-22-21-7-2-1-4-17(21)13-24-23(22)14-25(29)28-24;2*1-13(24)10-19-18(9-8-16-7-6-15(21)12-23-16)17-5-3-2-4-14(17)11-20(19)22;1-13(23)10-19-18(9-8-16-7-6-15(21)12-22-16)17-5-3-2-4-14(17)11-20(19)24;20-13-5-6-14(21-11-13)7-8-16-15-4-2-1-3-12(15)9-18-17(16)10-19(23)22-18;1-2(3)4;;/h3,5-6,8-12,15,17,21-24H,1-2,4,7,13-14H2,(H,28,29);2*6-9,12,14,17-20H,2-5,10-11,22H2,1H3;6-9,12,14,17-19H,2-5,10-11H2,1H3;5-8,11-12,15-18H,1-4,9-10H2,(H,22,23);1H3,(H,3,4);1H4;1H3/b11-10+;3*9-8+;8-7+;;;/t17-,21+,22-,23+,24-;14-,17+,18-,19+,20+;14-,17+,18-,19+,20-;14-,17+,18-,19+;12-,15+,16-,17+,18-;;;/m00000.../s1. The summed E-state index contributed by atoms with van der Waals surface area (Å²) in [6, 6.07) is 27.7. The van der Waals surface area contributed by atoms with Gasteiger partial charge in [-0.2, -0.15) is 0 Å². The summed E-state index contributed by atoms with van der Waals surface area (Å²) in [7, 11) is 0. The van der Waals surface area contributed by atoms with Crippen LogP contribution in [-0.2, 0) is 33.6 Å². The topological polar surface area (TPSA) is 315 Å². The number of benzene rings is 1. The second-order valence-corrected chi connectivity index (χ2v) is 42.7. The van der Waals surface area contributed by atoms with Crippen LogP contribution in [0.4, 0.5) is 4.39 Å². The van der Waals surface area contributed by atoms with Gasteiger partial charge >= 0.3 is 0 Å². The van der Waals surface area contributed by atoms with Crippen LogP contribution in [0, 0.1) is 124 Å². The minimum Gasteiger partial charge on any atom is -0.481 e. The van der Waals surface area contributed by atoms with E-state index in [9.17, 15) is 33.2 Å². The number of pyridine rings is 5. The van der Waals surface area contributed by atoms with E-state index in [0.29, 0.717) is 116 Å². The number of allylic oxidation sites excluding steroid dienone is 5. The average Bonchev–Trinajstić information content (AvgIpc) is 1.47. The Kier molecular flexibility index (Phi) is 39.8. The van der Waals surface area contributed by atoms with Crippen LogP contribution in [0.25, 0.3) is 41.5 Å². The monoisotopic (exact) mass is 2030 g/mol. The summed E-state index contributed by atoms with van der Waals surface area (Å²) in [4.78, 5) is 103. The summed E-state index contributed by atoms with van der Waals surface area (Å²) in [5.74, 6) is 10.3. The zero-order valence-electron chi connectivity index (χ0n) is 75.6. The van der Waals surface area contributed by atoms with E-state index in [1.807, 2.05) is 97.6 Å². The summed E-state index contributed by atoms with van der Waals surface area (Å²) in [5.41, 5.74) is 19.5. The third-order valence-corrected chi connectivity index (χ3v) is 32.4. The highest BCUT2D eigenvalue weighted by atomic mass is 79.9. The van der Waals surface area contributed by atoms with E-state index in [1.54, 1.807) is 33.0 Å². The molecule has 0 spiro atoms. The summed E-state index contributed by atoms with van der Waals surface area (Å²) in [6.07, 6.45) is 65.0. The van der Waals surface area contributed by atoms with Crippen LogP contribution in [0.15, 0.2) is 164 Å². The lowest BCUT2D eigenvalue weighted by molar-refractivity contribution is -0.134. The van der Waals surface area contributed by atoms with E-state index < -0.39 is 5.97 Å². The van der Waals surface area contributed by atoms with Crippen molar-refractivity contribution in [3.63, 3.8) is 0 Å². The molecule has 5 aromatic heterocycles. The molecule has 1 aromatic carbocycles. The summed E-state index contributed by atoms with van der Waals surface area (Å²) < 4.78 is 17.4. The van der Waals surface area contributed by atoms with E-state index in [-0.39, 0.29) is 90.1 Å². The lowest BCUT2D eigenvalue weighted by Gasteiger charge is -2.47. The van der Waals surface area contributed by atoms with Gasteiger partial charge in [0.25, 0.3) is 5.97 Å². The molecule has 2 saturated heterocycles. The van der Waals surface area contributed by atoms with Gasteiger partial charge in [0.2, 0.25) is 11.8 Å². The fourth-order valence-corrected chi connectivity index (χ4v) is 25.8. The van der Waals surface area contributed by atoms with Crippen LogP contribution in [0.1, 0.15) is 256 Å². The zero-order chi connectivity index (χ0) is 90.5. The number of carbonyl (C=O) groups excluding carboxylic acids is 6. The van der Waals surface area contributed by atoms with Gasteiger partial charge in [0.1, 0.15) is 29.0 Å². The van der Waals surface area contributed by atoms with E-state index in [0.717, 1.165) is 120 Å². The summed E-state index contributed by atoms with van der Waals surface area (Å²) in [6.45, 7) is 6.06. The Bertz CT molecular complexity index is 4750. The highest BCUT2D eigenvalue weighted by Gasteiger charge is 2.51. The number of hydrogen-bond acceptors (Lipinski definition) is 15. The predicted molar refractivity (Wildman–Crippen MR) is 533 cm³/mol. The highest BCUT2D eigenvalue weighted by Crippen LogP contribution is 2.54. The molecular weight excluding hydrogens is 1890 g/mol. The van der Waals surface area contributed by atoms with Gasteiger partial charge in [0, 0.05) is 130 Å². The maximum absolute atomic E-state index is 13.5. The van der Waals surface area contributed by atoms with Crippen LogP contribution in [-0.4, -0.2) is 95.1 Å². The quantitative estimate of drug-likeness (QED) is 0.0494. The number of fused-ring (bicyclic) bond motifs is 7. The third kappa shape index (κ3) is 28.8. The minimum atomic E-state index is -0.833. The average molecular weight is 2030 g/mol. The fourth-order valence-electron chi connectivity index (χ4n) is 24.9. The van der Waals surface area contributed by atoms with Gasteiger partial charge in [0.05, 0.1) is 28.5 Å². The lowest BCUT2D eigenvalue weighted by Crippen LogP contribution is -2.48. The second kappa shape index (κ2) is 50.2. The normalized spacial score (nSPS) is 31.6. The molecule has 18 rings (SSSR count). The Labute approximate surface area is 805 Å². The van der Waals surface area contributed by atoms with Crippen molar-refractivity contribution < 1.29 is 43.1 Å². The SMILES string of the molecule is C.CC(=O)C[C@@H]1[C@@H](/C=C/c2ccc(Br)cn2)[C@@H]2CCCC[C@H]2C[C@@H]1N.CC(=O)C[C@@H]1[C@@H](/C=C/c2ccc(Br)cn2)[C@@H]2CCCC[C@H]2C[C@H]1N.CC(=O)C[C@H]1C(=O)C[C@@H]2CCCC[C@H]2[C@@H]1/C=C/c1ccc(Br)cn1.CC(=O)O.N.O=C1C[C@@H]2[C@@H](/C=C/c3ccc(-c4cccc(F)c4)cn3)[C@@H]3CCCC[C@H]3C[C@@H]2N1.O=C1C[C@@H]2[C@@H](/C=C/c3ccc(Br)cn3)[C@@H]3CCCC[C@H]3C[C@@H]2N1. The number of halogens is 5. The van der Waals surface area contributed by atoms with Gasteiger partial charge in [-0.1, -0.05) is 146 Å². The molecule has 700 valence electrons. The molecule has 18 nitrogen and oxygen atoms in total. The van der Waals surface area contributed by atoms with Gasteiger partial charge in [0.15, 0.2) is 0 Å². The fraction of sp³-hybridized carbons (Fsp3) is 0.551. The van der Waals surface area contributed by atoms with Crippen molar-refractivity contribution in [2.24, 2.45) is 130 Å². The minimum absolute atomic E-state index is 0. The van der Waals surface area contributed by atoms with E-state index >= 15 is 0 Å². The molecule has 10 N–H and O–H groups in total. The number of rotatable bonds is 17. The zero-order valence-corrected chi connectivity index (χ0v) is 81.9. The van der Waals surface area contributed by atoms with E-state index in [4.69, 9.17) is 21.4 Å². The number of aliphatic carboxylic acids is 1. The first-order valence-electron chi connectivity index (χ1n) is 47.6. The molecule has 6 aromatic rings. The number of hydrogen-bond donors (Lipinski definition) is 6. The molecule has 23 heteroatoms. The number of carbonyl (C=O) groups is 7. The Morgan fingerprint density at radius 3 is 1.05 bits per heavy atom. The van der Waals surface area contributed by atoms with Crippen molar-refractivity contribution in [3.8, 4) is 11.1 Å². The number of nitrogens with one attached hydrogen (secondary N) is 2. The first kappa shape index (κ1) is 103. The van der Waals surface area contributed by atoms with E-state index in [1.165, 1.54) is 141 Å². The van der Waals surface area contributed by atoms with Gasteiger partial charge in [-0.15, -0.1) is 0 Å². The molecule has 0 unspecified atom stereocenters. The Morgan fingerprint density at radius 1 is 0.400 bits per heavy atom. The highest BCUT2D eigenvalue weighted by molar-refractivity contribution is 9.11. The number of amides is 2. The first-order chi connectivity index (χ1) is 61.7. The molecule has 7 heterocycles. The van der Waals surface area contributed by atoms with Crippen LogP contribution in [0.5, 0.6) is 0 Å². The Hall–Kier alpha value is -7.51. The van der Waals surface area contributed by atoms with Crippen molar-refractivity contribution in [2.45, 2.75) is 252 Å². The number of carboxylic acid groups (broad SMARTS) is 1. The molecule has 12 fully saturated rings. The van der Waals surface area contributed by atoms with Crippen molar-refractivity contribution >= 4 is 135 Å². The number of aromatic nitrogens is 5. The van der Waals surface area contributed by atoms with Crippen LogP contribution in [0.3, 0.4) is 0 Å². The van der Waals surface area contributed by atoms with Gasteiger partial charge in [-0.05, 0) is 364 Å². The molecule has 130 heavy (non-hydrogen) atoms. The predicted octanol–water partition coefficient (Wildman–Crippen LogP) is 24.4. The van der Waals surface area contributed by atoms with Gasteiger partial charge in [-0.3, -0.25) is 44.1 Å². The molecule has 2 amide bonds. The molecular formula is C107H139Br4FN10O8.